The summed E-state index contributed by atoms with van der Waals surface area (Å²) in [5, 5.41) is 2.37. The van der Waals surface area contributed by atoms with Gasteiger partial charge in [-0.25, -0.2) is 0 Å². The maximum absolute atomic E-state index is 13.4. The molecule has 0 bridgehead atoms. The van der Waals surface area contributed by atoms with E-state index in [-0.39, 0.29) is 30.7 Å². The Bertz CT molecular complexity index is 1050. The van der Waals surface area contributed by atoms with Crippen molar-refractivity contribution in [3.63, 3.8) is 0 Å². The summed E-state index contributed by atoms with van der Waals surface area (Å²) in [6.07, 6.45) is 2.43. The molecule has 1 fully saturated rings. The van der Waals surface area contributed by atoms with Gasteiger partial charge in [0.1, 0.15) is 5.75 Å². The van der Waals surface area contributed by atoms with Gasteiger partial charge in [0, 0.05) is 24.4 Å². The first-order valence-electron chi connectivity index (χ1n) is 11.0. The van der Waals surface area contributed by atoms with Gasteiger partial charge in [-0.05, 0) is 43.5 Å². The first kappa shape index (κ1) is 20.9. The molecule has 8 heteroatoms. The average molecular weight is 452 g/mol. The zero-order valence-corrected chi connectivity index (χ0v) is 18.5. The van der Waals surface area contributed by atoms with E-state index in [4.69, 9.17) is 4.74 Å². The van der Waals surface area contributed by atoms with E-state index in [1.165, 1.54) is 11.8 Å². The first-order chi connectivity index (χ1) is 15.6. The van der Waals surface area contributed by atoms with Gasteiger partial charge in [0.15, 0.2) is 6.10 Å². The van der Waals surface area contributed by atoms with Crippen molar-refractivity contribution in [1.29, 1.82) is 0 Å². The highest BCUT2D eigenvalue weighted by atomic mass is 32.2. The second-order valence-corrected chi connectivity index (χ2v) is 9.51. The number of carbonyl (C=O) groups excluding carboxylic acids is 3. The predicted molar refractivity (Wildman–Crippen MR) is 123 cm³/mol. The number of nitrogens with one attached hydrogen (secondary N) is 1. The minimum Gasteiger partial charge on any atom is -0.476 e. The van der Waals surface area contributed by atoms with Crippen molar-refractivity contribution < 1.29 is 19.1 Å². The predicted octanol–water partition coefficient (Wildman–Crippen LogP) is 3.30. The fourth-order valence-corrected chi connectivity index (χ4v) is 5.51. The summed E-state index contributed by atoms with van der Waals surface area (Å²) in [6, 6.07) is 14.8. The van der Waals surface area contributed by atoms with Crippen LogP contribution in [-0.4, -0.2) is 53.6 Å². The average Bonchev–Trinajstić information content (AvgIpc) is 2.83. The second-order valence-electron chi connectivity index (χ2n) is 8.26. The van der Waals surface area contributed by atoms with E-state index in [0.29, 0.717) is 11.4 Å². The Hall–Kier alpha value is -3.00. The highest BCUT2D eigenvalue weighted by Gasteiger charge is 2.38. The lowest BCUT2D eigenvalue weighted by molar-refractivity contribution is -0.139. The monoisotopic (exact) mass is 451 g/mol. The molecule has 166 valence electrons. The van der Waals surface area contributed by atoms with Gasteiger partial charge in [0.05, 0.1) is 23.2 Å². The molecule has 2 aromatic carbocycles. The number of hydrogen-bond acceptors (Lipinski definition) is 5. The number of hydrogen-bond donors (Lipinski definition) is 1. The molecule has 32 heavy (non-hydrogen) atoms. The number of para-hydroxylation sites is 3. The summed E-state index contributed by atoms with van der Waals surface area (Å²) in [5.41, 5.74) is 1.41. The molecule has 3 heterocycles. The van der Waals surface area contributed by atoms with Gasteiger partial charge < -0.3 is 19.9 Å². The van der Waals surface area contributed by atoms with Crippen molar-refractivity contribution >= 4 is 40.9 Å². The topological polar surface area (TPSA) is 79.0 Å². The van der Waals surface area contributed by atoms with Gasteiger partial charge >= 0.3 is 0 Å². The van der Waals surface area contributed by atoms with Crippen molar-refractivity contribution in [3.8, 4) is 5.75 Å². The number of nitrogens with zero attached hydrogens (tertiary/aromatic N) is 2. The van der Waals surface area contributed by atoms with Gasteiger partial charge in [-0.1, -0.05) is 24.3 Å². The Balaban J connectivity index is 1.35. The van der Waals surface area contributed by atoms with Crippen molar-refractivity contribution in [2.24, 2.45) is 0 Å². The lowest BCUT2D eigenvalue weighted by Crippen LogP contribution is -2.53. The summed E-state index contributed by atoms with van der Waals surface area (Å²) in [4.78, 5) is 43.5. The number of thioether (sulfide) groups is 1. The normalized spacial score (nSPS) is 22.3. The summed E-state index contributed by atoms with van der Waals surface area (Å²) in [6.45, 7) is 1.61. The number of piperidine rings is 1. The highest BCUT2D eigenvalue weighted by molar-refractivity contribution is 8.01. The summed E-state index contributed by atoms with van der Waals surface area (Å²) in [5.74, 6) is 0.0815. The molecule has 2 aromatic rings. The first-order valence-corrected chi connectivity index (χ1v) is 11.9. The Morgan fingerprint density at radius 3 is 2.62 bits per heavy atom. The van der Waals surface area contributed by atoms with Crippen LogP contribution in [0.1, 0.15) is 25.7 Å². The highest BCUT2D eigenvalue weighted by Crippen LogP contribution is 2.39. The van der Waals surface area contributed by atoms with Crippen LogP contribution < -0.4 is 15.0 Å². The molecule has 3 aliphatic heterocycles. The third-order valence-corrected chi connectivity index (χ3v) is 7.36. The molecule has 7 nitrogen and oxygen atoms in total. The molecule has 3 amide bonds. The molecule has 3 aliphatic rings. The lowest BCUT2D eigenvalue weighted by Gasteiger charge is -2.37. The van der Waals surface area contributed by atoms with Crippen LogP contribution >= 0.6 is 11.8 Å². The van der Waals surface area contributed by atoms with Gasteiger partial charge in [0.2, 0.25) is 11.8 Å². The van der Waals surface area contributed by atoms with Crippen LogP contribution in [0.25, 0.3) is 0 Å². The van der Waals surface area contributed by atoms with Gasteiger partial charge in [-0.15, -0.1) is 11.8 Å². The molecule has 0 aliphatic carbocycles. The fraction of sp³-hybridized carbons (Fsp3) is 0.375. The molecule has 1 N–H and O–H groups in total. The quantitative estimate of drug-likeness (QED) is 0.775. The van der Waals surface area contributed by atoms with E-state index < -0.39 is 11.4 Å². The zero-order valence-electron chi connectivity index (χ0n) is 17.7. The number of amides is 3. The van der Waals surface area contributed by atoms with Gasteiger partial charge in [-0.3, -0.25) is 14.4 Å². The van der Waals surface area contributed by atoms with Crippen LogP contribution in [0.3, 0.4) is 0 Å². The molecule has 2 atom stereocenters. The van der Waals surface area contributed by atoms with Crippen LogP contribution in [0, 0.1) is 0 Å². The maximum atomic E-state index is 13.4. The molecule has 1 saturated heterocycles. The fourth-order valence-electron chi connectivity index (χ4n) is 4.41. The summed E-state index contributed by atoms with van der Waals surface area (Å²) < 4.78 is 6.02. The Labute approximate surface area is 191 Å². The largest absolute Gasteiger partial charge is 0.476 e. The number of carbonyl (C=O) groups is 3. The van der Waals surface area contributed by atoms with Crippen LogP contribution in [-0.2, 0) is 14.4 Å². The molecule has 0 unspecified atom stereocenters. The number of likely N-dealkylation sites (tertiary alicyclic amines) is 1. The minimum absolute atomic E-state index is 0.0454. The van der Waals surface area contributed by atoms with E-state index in [1.807, 2.05) is 47.4 Å². The Kier molecular flexibility index (Phi) is 5.78. The van der Waals surface area contributed by atoms with E-state index >= 15 is 0 Å². The maximum Gasteiger partial charge on any atom is 0.265 e. The van der Waals surface area contributed by atoms with Crippen molar-refractivity contribution in [3.05, 3.63) is 48.5 Å². The summed E-state index contributed by atoms with van der Waals surface area (Å²) >= 11 is 1.40. The Morgan fingerprint density at radius 2 is 1.78 bits per heavy atom. The van der Waals surface area contributed by atoms with Gasteiger partial charge in [0.25, 0.3) is 5.91 Å². The number of ether oxygens (including phenoxy) is 1. The van der Waals surface area contributed by atoms with Crippen molar-refractivity contribution in [2.75, 3.05) is 29.9 Å². The SMILES string of the molecule is O=C1Nc2ccccc2S[C@@H]1CC(=O)N1C[C@H](C(=O)N2CCCCC2)Oc2ccccc21. The van der Waals surface area contributed by atoms with Crippen LogP contribution in [0.4, 0.5) is 11.4 Å². The van der Waals surface area contributed by atoms with Crippen LogP contribution in [0.2, 0.25) is 0 Å². The molecule has 0 spiro atoms. The third-order valence-electron chi connectivity index (χ3n) is 6.08. The number of anilines is 2. The standard InChI is InChI=1S/C24H25N3O4S/c28-22(14-21-23(29)25-16-8-2-5-11-20(16)32-21)27-15-19(24(30)26-12-6-1-7-13-26)31-18-10-4-3-9-17(18)27/h2-5,8-11,19,21H,1,6-7,12-15H2,(H,25,29)/t19-,21-/m1/s1. The Morgan fingerprint density at radius 1 is 1.03 bits per heavy atom. The van der Waals surface area contributed by atoms with E-state index in [9.17, 15) is 14.4 Å². The van der Waals surface area contributed by atoms with E-state index in [2.05, 4.69) is 5.32 Å². The molecular formula is C24H25N3O4S. The van der Waals surface area contributed by atoms with Gasteiger partial charge in [-0.2, -0.15) is 0 Å². The molecular weight excluding hydrogens is 426 g/mol. The zero-order chi connectivity index (χ0) is 22.1. The molecule has 5 rings (SSSR count). The molecule has 0 aromatic heterocycles. The van der Waals surface area contributed by atoms with Crippen LogP contribution in [0.15, 0.2) is 53.4 Å². The van der Waals surface area contributed by atoms with E-state index in [1.54, 1.807) is 11.0 Å². The lowest BCUT2D eigenvalue weighted by atomic mass is 10.1. The number of fused-ring (bicyclic) bond motifs is 2. The van der Waals surface area contributed by atoms with Crippen molar-refractivity contribution in [2.45, 2.75) is 41.9 Å². The van der Waals surface area contributed by atoms with Crippen LogP contribution in [0.5, 0.6) is 5.75 Å². The third kappa shape index (κ3) is 4.07. The number of rotatable bonds is 3. The van der Waals surface area contributed by atoms with E-state index in [0.717, 1.165) is 42.9 Å². The second kappa shape index (κ2) is 8.86. The number of benzene rings is 2. The minimum atomic E-state index is -0.736. The smallest absolute Gasteiger partial charge is 0.265 e. The molecule has 0 saturated carbocycles. The van der Waals surface area contributed by atoms with Crippen molar-refractivity contribution in [1.82, 2.24) is 4.90 Å². The molecule has 0 radical (unpaired) electrons. The summed E-state index contributed by atoms with van der Waals surface area (Å²) in [7, 11) is 0.